The van der Waals surface area contributed by atoms with E-state index >= 15 is 0 Å². The van der Waals surface area contributed by atoms with Gasteiger partial charge in [0.15, 0.2) is 0 Å². The van der Waals surface area contributed by atoms with Crippen molar-refractivity contribution in [1.29, 1.82) is 0 Å². The largest absolute Gasteiger partial charge is 0.481 e. The van der Waals surface area contributed by atoms with Gasteiger partial charge in [-0.2, -0.15) is 13.2 Å². The van der Waals surface area contributed by atoms with Gasteiger partial charge in [0.1, 0.15) is 0 Å². The molecule has 0 aliphatic heterocycles. The maximum Gasteiger partial charge on any atom is 0.416 e. The van der Waals surface area contributed by atoms with Gasteiger partial charge in [0, 0.05) is 12.1 Å². The van der Waals surface area contributed by atoms with Gasteiger partial charge in [-0.05, 0) is 37.6 Å². The summed E-state index contributed by atoms with van der Waals surface area (Å²) in [5.41, 5.74) is -1.91. The summed E-state index contributed by atoms with van der Waals surface area (Å²) in [5.74, 6) is -1.65. The first-order valence-electron chi connectivity index (χ1n) is 6.29. The minimum absolute atomic E-state index is 0.0480. The smallest absolute Gasteiger partial charge is 0.416 e. The van der Waals surface area contributed by atoms with Gasteiger partial charge in [-0.15, -0.1) is 0 Å². The van der Waals surface area contributed by atoms with E-state index in [0.29, 0.717) is 6.42 Å². The predicted molar refractivity (Wildman–Crippen MR) is 69.8 cm³/mol. The maximum absolute atomic E-state index is 12.4. The minimum Gasteiger partial charge on any atom is -0.481 e. The lowest BCUT2D eigenvalue weighted by molar-refractivity contribution is -0.147. The molecule has 0 saturated heterocycles. The van der Waals surface area contributed by atoms with Crippen molar-refractivity contribution in [2.24, 2.45) is 5.41 Å². The van der Waals surface area contributed by atoms with Crippen molar-refractivity contribution in [3.63, 3.8) is 0 Å². The fourth-order valence-corrected chi connectivity index (χ4v) is 1.54. The van der Waals surface area contributed by atoms with E-state index in [0.717, 1.165) is 24.3 Å². The summed E-state index contributed by atoms with van der Waals surface area (Å²) in [4.78, 5) is 22.9. The summed E-state index contributed by atoms with van der Waals surface area (Å²) in [6, 6.07) is 3.74. The number of carboxylic acid groups (broad SMARTS) is 1. The SMILES string of the molecule is CCC(C)(CNC(=O)c1ccc(C(F)(F)F)cc1)C(=O)O. The molecule has 1 atom stereocenters. The van der Waals surface area contributed by atoms with Crippen LogP contribution >= 0.6 is 0 Å². The van der Waals surface area contributed by atoms with Crippen LogP contribution in [0.4, 0.5) is 13.2 Å². The molecule has 0 aromatic heterocycles. The Kier molecular flexibility index (Phi) is 4.98. The fraction of sp³-hybridized carbons (Fsp3) is 0.429. The Morgan fingerprint density at radius 2 is 1.71 bits per heavy atom. The zero-order valence-corrected chi connectivity index (χ0v) is 11.6. The molecule has 0 radical (unpaired) electrons. The van der Waals surface area contributed by atoms with Crippen LogP contribution in [0, 0.1) is 5.41 Å². The van der Waals surface area contributed by atoms with E-state index in [1.54, 1.807) is 6.92 Å². The Bertz CT molecular complexity index is 525. The monoisotopic (exact) mass is 303 g/mol. The lowest BCUT2D eigenvalue weighted by atomic mass is 9.87. The number of hydrogen-bond donors (Lipinski definition) is 2. The number of carbonyl (C=O) groups is 2. The molecule has 1 aromatic rings. The molecule has 0 spiro atoms. The number of amides is 1. The molecule has 0 heterocycles. The first kappa shape index (κ1) is 17.0. The highest BCUT2D eigenvalue weighted by Crippen LogP contribution is 2.29. The van der Waals surface area contributed by atoms with Crippen LogP contribution in [-0.2, 0) is 11.0 Å². The lowest BCUT2D eigenvalue weighted by Gasteiger charge is -2.23. The van der Waals surface area contributed by atoms with Crippen LogP contribution in [0.1, 0.15) is 36.2 Å². The van der Waals surface area contributed by atoms with Gasteiger partial charge in [0.25, 0.3) is 5.91 Å². The summed E-state index contributed by atoms with van der Waals surface area (Å²) < 4.78 is 37.2. The van der Waals surface area contributed by atoms with Crippen molar-refractivity contribution in [1.82, 2.24) is 5.32 Å². The van der Waals surface area contributed by atoms with E-state index in [2.05, 4.69) is 5.32 Å². The Morgan fingerprint density at radius 1 is 1.19 bits per heavy atom. The first-order chi connectivity index (χ1) is 9.60. The summed E-state index contributed by atoms with van der Waals surface area (Å²) in [6.45, 7) is 3.07. The van der Waals surface area contributed by atoms with Crippen molar-refractivity contribution >= 4 is 11.9 Å². The van der Waals surface area contributed by atoms with Crippen molar-refractivity contribution in [2.75, 3.05) is 6.54 Å². The predicted octanol–water partition coefficient (Wildman–Crippen LogP) is 2.94. The number of carbonyl (C=O) groups excluding carboxylic acids is 1. The quantitative estimate of drug-likeness (QED) is 0.879. The molecule has 116 valence electrons. The molecular weight excluding hydrogens is 287 g/mol. The number of hydrogen-bond acceptors (Lipinski definition) is 2. The molecule has 2 N–H and O–H groups in total. The Morgan fingerprint density at radius 3 is 2.10 bits per heavy atom. The van der Waals surface area contributed by atoms with E-state index in [-0.39, 0.29) is 12.1 Å². The maximum atomic E-state index is 12.4. The third-order valence-electron chi connectivity index (χ3n) is 3.41. The Hall–Kier alpha value is -2.05. The molecule has 0 aliphatic rings. The molecule has 21 heavy (non-hydrogen) atoms. The van der Waals surface area contributed by atoms with Gasteiger partial charge >= 0.3 is 12.1 Å². The molecule has 4 nitrogen and oxygen atoms in total. The van der Waals surface area contributed by atoms with E-state index in [1.807, 2.05) is 0 Å². The van der Waals surface area contributed by atoms with Crippen molar-refractivity contribution < 1.29 is 27.9 Å². The van der Waals surface area contributed by atoms with Gasteiger partial charge in [-0.1, -0.05) is 6.92 Å². The van der Waals surface area contributed by atoms with E-state index in [4.69, 9.17) is 5.11 Å². The van der Waals surface area contributed by atoms with Gasteiger partial charge < -0.3 is 10.4 Å². The molecule has 1 unspecified atom stereocenters. The first-order valence-corrected chi connectivity index (χ1v) is 6.29. The Balaban J connectivity index is 2.75. The highest BCUT2D eigenvalue weighted by Gasteiger charge is 2.32. The summed E-state index contributed by atoms with van der Waals surface area (Å²) >= 11 is 0. The van der Waals surface area contributed by atoms with Crippen LogP contribution in [0.5, 0.6) is 0 Å². The van der Waals surface area contributed by atoms with Crippen LogP contribution in [0.3, 0.4) is 0 Å². The topological polar surface area (TPSA) is 66.4 Å². The van der Waals surface area contributed by atoms with Gasteiger partial charge in [0.05, 0.1) is 11.0 Å². The van der Waals surface area contributed by atoms with Crippen LogP contribution in [-0.4, -0.2) is 23.5 Å². The van der Waals surface area contributed by atoms with Crippen LogP contribution in [0.25, 0.3) is 0 Å². The second-order valence-electron chi connectivity index (χ2n) is 4.98. The highest BCUT2D eigenvalue weighted by molar-refractivity contribution is 5.94. The second-order valence-corrected chi connectivity index (χ2v) is 4.98. The lowest BCUT2D eigenvalue weighted by Crippen LogP contribution is -2.40. The number of nitrogens with one attached hydrogen (secondary N) is 1. The third kappa shape index (κ3) is 4.21. The number of halogens is 3. The van der Waals surface area contributed by atoms with Gasteiger partial charge in [-0.3, -0.25) is 9.59 Å². The molecule has 0 saturated carbocycles. The molecule has 0 fully saturated rings. The molecule has 1 aromatic carbocycles. The second kappa shape index (κ2) is 6.15. The van der Waals surface area contributed by atoms with E-state index < -0.39 is 29.0 Å². The zero-order valence-electron chi connectivity index (χ0n) is 11.6. The van der Waals surface area contributed by atoms with Crippen molar-refractivity contribution in [3.8, 4) is 0 Å². The number of carboxylic acids is 1. The number of aliphatic carboxylic acids is 1. The molecule has 1 rings (SSSR count). The summed E-state index contributed by atoms with van der Waals surface area (Å²) in [6.07, 6.45) is -4.14. The Labute approximate surface area is 120 Å². The third-order valence-corrected chi connectivity index (χ3v) is 3.41. The number of alkyl halides is 3. The molecule has 1 amide bonds. The van der Waals surface area contributed by atoms with Crippen molar-refractivity contribution in [3.05, 3.63) is 35.4 Å². The standard InChI is InChI=1S/C14H16F3NO3/c1-3-13(2,12(20)21)8-18-11(19)9-4-6-10(7-5-9)14(15,16)17/h4-7H,3,8H2,1-2H3,(H,18,19)(H,20,21). The average Bonchev–Trinajstić information content (AvgIpc) is 2.43. The van der Waals surface area contributed by atoms with Crippen LogP contribution in [0.15, 0.2) is 24.3 Å². The van der Waals surface area contributed by atoms with Gasteiger partial charge in [-0.25, -0.2) is 0 Å². The van der Waals surface area contributed by atoms with E-state index in [1.165, 1.54) is 6.92 Å². The molecular formula is C14H16F3NO3. The fourth-order valence-electron chi connectivity index (χ4n) is 1.54. The molecule has 7 heteroatoms. The number of rotatable bonds is 5. The molecule has 0 aliphatic carbocycles. The van der Waals surface area contributed by atoms with E-state index in [9.17, 15) is 22.8 Å². The highest BCUT2D eigenvalue weighted by atomic mass is 19.4. The number of benzene rings is 1. The normalized spacial score (nSPS) is 14.3. The van der Waals surface area contributed by atoms with Gasteiger partial charge in [0.2, 0.25) is 0 Å². The summed E-state index contributed by atoms with van der Waals surface area (Å²) in [5, 5.41) is 11.5. The van der Waals surface area contributed by atoms with Crippen molar-refractivity contribution in [2.45, 2.75) is 26.4 Å². The minimum atomic E-state index is -4.46. The van der Waals surface area contributed by atoms with Crippen LogP contribution < -0.4 is 5.32 Å². The molecule has 0 bridgehead atoms. The zero-order chi connectivity index (χ0) is 16.3. The summed E-state index contributed by atoms with van der Waals surface area (Å²) in [7, 11) is 0. The van der Waals surface area contributed by atoms with Crippen LogP contribution in [0.2, 0.25) is 0 Å². The average molecular weight is 303 g/mol.